The van der Waals surface area contributed by atoms with Crippen LogP contribution in [0.25, 0.3) is 22.5 Å². The minimum atomic E-state index is -0.0994. The molecule has 0 aliphatic heterocycles. The van der Waals surface area contributed by atoms with Crippen LogP contribution in [0.1, 0.15) is 16.8 Å². The van der Waals surface area contributed by atoms with Crippen LogP contribution >= 0.6 is 0 Å². The van der Waals surface area contributed by atoms with E-state index in [1.807, 2.05) is 38.4 Å². The number of carbonyl (C=O) groups is 1. The number of phenolic OH excluding ortho intramolecular Hbond substituents is 1. The van der Waals surface area contributed by atoms with Crippen molar-refractivity contribution >= 4 is 5.91 Å². The number of hydrogen-bond acceptors (Lipinski definition) is 5. The van der Waals surface area contributed by atoms with Crippen LogP contribution in [0.2, 0.25) is 0 Å². The molecule has 6 nitrogen and oxygen atoms in total. The van der Waals surface area contributed by atoms with Crippen LogP contribution in [-0.2, 0) is 0 Å². The van der Waals surface area contributed by atoms with Gasteiger partial charge in [-0.1, -0.05) is 24.3 Å². The number of amides is 1. The van der Waals surface area contributed by atoms with Crippen LogP contribution in [-0.4, -0.2) is 53.1 Å². The lowest BCUT2D eigenvalue weighted by Crippen LogP contribution is -2.27. The van der Waals surface area contributed by atoms with Crippen molar-refractivity contribution in [2.45, 2.75) is 6.42 Å². The Labute approximate surface area is 164 Å². The second-order valence-electron chi connectivity index (χ2n) is 6.83. The van der Waals surface area contributed by atoms with Gasteiger partial charge in [-0.25, -0.2) is 4.98 Å². The normalized spacial score (nSPS) is 10.8. The number of hydrogen-bond donors (Lipinski definition) is 2. The van der Waals surface area contributed by atoms with Crippen LogP contribution in [0.15, 0.2) is 60.9 Å². The van der Waals surface area contributed by atoms with Crippen LogP contribution in [0.4, 0.5) is 0 Å². The number of rotatable bonds is 7. The van der Waals surface area contributed by atoms with E-state index < -0.39 is 0 Å². The fourth-order valence-corrected chi connectivity index (χ4v) is 2.83. The zero-order valence-electron chi connectivity index (χ0n) is 16.1. The van der Waals surface area contributed by atoms with E-state index >= 15 is 0 Å². The molecule has 3 rings (SSSR count). The first-order chi connectivity index (χ1) is 13.5. The van der Waals surface area contributed by atoms with Crippen molar-refractivity contribution in [3.63, 3.8) is 0 Å². The summed E-state index contributed by atoms with van der Waals surface area (Å²) in [5.74, 6) is 0.0790. The summed E-state index contributed by atoms with van der Waals surface area (Å²) >= 11 is 0. The SMILES string of the molecule is CN(C)CCCNC(=O)c1cccc(-c2cncc(-c3cccc(O)c3)n2)c1. The van der Waals surface area contributed by atoms with Crippen LogP contribution in [0.5, 0.6) is 5.75 Å². The average molecular weight is 376 g/mol. The molecule has 0 fully saturated rings. The topological polar surface area (TPSA) is 78.4 Å². The lowest BCUT2D eigenvalue weighted by atomic mass is 10.1. The van der Waals surface area contributed by atoms with Crippen molar-refractivity contribution in [3.8, 4) is 28.3 Å². The molecule has 28 heavy (non-hydrogen) atoms. The highest BCUT2D eigenvalue weighted by Gasteiger charge is 2.09. The summed E-state index contributed by atoms with van der Waals surface area (Å²) in [6.07, 6.45) is 4.22. The first kappa shape index (κ1) is 19.5. The van der Waals surface area contributed by atoms with Crippen LogP contribution in [0.3, 0.4) is 0 Å². The van der Waals surface area contributed by atoms with Gasteiger partial charge >= 0.3 is 0 Å². The predicted molar refractivity (Wildman–Crippen MR) is 110 cm³/mol. The minimum Gasteiger partial charge on any atom is -0.508 e. The van der Waals surface area contributed by atoms with Gasteiger partial charge in [0.1, 0.15) is 5.75 Å². The lowest BCUT2D eigenvalue weighted by molar-refractivity contribution is 0.0952. The number of phenols is 1. The first-order valence-corrected chi connectivity index (χ1v) is 9.18. The molecular formula is C22H24N4O2. The average Bonchev–Trinajstić information content (AvgIpc) is 2.71. The summed E-state index contributed by atoms with van der Waals surface area (Å²) in [4.78, 5) is 23.4. The number of aromatic hydroxyl groups is 1. The van der Waals surface area contributed by atoms with Crippen LogP contribution < -0.4 is 5.32 Å². The number of aromatic nitrogens is 2. The lowest BCUT2D eigenvalue weighted by Gasteiger charge is -2.10. The number of carbonyl (C=O) groups excluding carboxylic acids is 1. The van der Waals surface area contributed by atoms with Crippen molar-refractivity contribution in [3.05, 3.63) is 66.5 Å². The molecule has 0 saturated carbocycles. The maximum atomic E-state index is 12.4. The van der Waals surface area contributed by atoms with Crippen molar-refractivity contribution in [1.29, 1.82) is 0 Å². The first-order valence-electron chi connectivity index (χ1n) is 9.18. The Balaban J connectivity index is 1.77. The molecule has 0 bridgehead atoms. The molecule has 1 amide bonds. The Morgan fingerprint density at radius 1 is 1.04 bits per heavy atom. The van der Waals surface area contributed by atoms with E-state index in [0.717, 1.165) is 24.1 Å². The van der Waals surface area contributed by atoms with E-state index in [2.05, 4.69) is 20.2 Å². The molecule has 144 valence electrons. The van der Waals surface area contributed by atoms with Crippen molar-refractivity contribution in [2.75, 3.05) is 27.2 Å². The molecule has 2 N–H and O–H groups in total. The second kappa shape index (κ2) is 9.10. The summed E-state index contributed by atoms with van der Waals surface area (Å²) in [6.45, 7) is 1.56. The molecule has 0 unspecified atom stereocenters. The molecule has 0 radical (unpaired) electrons. The standard InChI is InChI=1S/C22H24N4O2/c1-26(2)11-5-10-24-22(28)18-8-3-6-16(12-18)20-14-23-15-21(25-20)17-7-4-9-19(27)13-17/h3-4,6-9,12-15,27H,5,10-11H2,1-2H3,(H,24,28). The molecular weight excluding hydrogens is 352 g/mol. The smallest absolute Gasteiger partial charge is 0.251 e. The van der Waals surface area contributed by atoms with Gasteiger partial charge in [-0.3, -0.25) is 9.78 Å². The van der Waals surface area contributed by atoms with Gasteiger partial charge in [0.15, 0.2) is 0 Å². The molecule has 0 saturated heterocycles. The van der Waals surface area contributed by atoms with Gasteiger partial charge in [-0.05, 0) is 51.3 Å². The molecule has 6 heteroatoms. The van der Waals surface area contributed by atoms with Gasteiger partial charge in [-0.15, -0.1) is 0 Å². The fourth-order valence-electron chi connectivity index (χ4n) is 2.83. The van der Waals surface area contributed by atoms with E-state index in [-0.39, 0.29) is 11.7 Å². The Bertz CT molecular complexity index is 957. The van der Waals surface area contributed by atoms with Crippen molar-refractivity contribution in [1.82, 2.24) is 20.2 Å². The zero-order chi connectivity index (χ0) is 19.9. The molecule has 0 spiro atoms. The Morgan fingerprint density at radius 2 is 1.71 bits per heavy atom. The Hall–Kier alpha value is -3.25. The molecule has 1 heterocycles. The molecule has 0 aliphatic carbocycles. The highest BCUT2D eigenvalue weighted by atomic mass is 16.3. The summed E-state index contributed by atoms with van der Waals surface area (Å²) in [5, 5.41) is 12.6. The van der Waals surface area contributed by atoms with E-state index in [4.69, 9.17) is 0 Å². The van der Waals surface area contributed by atoms with Gasteiger partial charge in [0.05, 0.1) is 23.8 Å². The summed E-state index contributed by atoms with van der Waals surface area (Å²) < 4.78 is 0. The molecule has 0 atom stereocenters. The maximum Gasteiger partial charge on any atom is 0.251 e. The fraction of sp³-hybridized carbons (Fsp3) is 0.227. The minimum absolute atomic E-state index is 0.0994. The largest absolute Gasteiger partial charge is 0.508 e. The number of nitrogens with one attached hydrogen (secondary N) is 1. The predicted octanol–water partition coefficient (Wildman–Crippen LogP) is 3.20. The summed E-state index contributed by atoms with van der Waals surface area (Å²) in [7, 11) is 4.02. The molecule has 2 aromatic carbocycles. The molecule has 1 aromatic heterocycles. The quantitative estimate of drug-likeness (QED) is 0.619. The second-order valence-corrected chi connectivity index (χ2v) is 6.83. The number of benzene rings is 2. The molecule has 0 aliphatic rings. The monoisotopic (exact) mass is 376 g/mol. The van der Waals surface area contributed by atoms with Gasteiger partial charge in [0, 0.05) is 23.2 Å². The van der Waals surface area contributed by atoms with E-state index in [1.165, 1.54) is 0 Å². The number of nitrogens with zero attached hydrogens (tertiary/aromatic N) is 3. The summed E-state index contributed by atoms with van der Waals surface area (Å²) in [6, 6.07) is 14.2. The van der Waals surface area contributed by atoms with Gasteiger partial charge in [-0.2, -0.15) is 0 Å². The molecule has 3 aromatic rings. The summed E-state index contributed by atoms with van der Waals surface area (Å²) in [5.41, 5.74) is 3.52. The third kappa shape index (κ3) is 5.14. The zero-order valence-corrected chi connectivity index (χ0v) is 16.1. The van der Waals surface area contributed by atoms with E-state index in [1.54, 1.807) is 36.7 Å². The van der Waals surface area contributed by atoms with Gasteiger partial charge in [0.25, 0.3) is 5.91 Å². The highest BCUT2D eigenvalue weighted by Crippen LogP contribution is 2.24. The Morgan fingerprint density at radius 3 is 2.39 bits per heavy atom. The van der Waals surface area contributed by atoms with Crippen molar-refractivity contribution in [2.24, 2.45) is 0 Å². The highest BCUT2D eigenvalue weighted by molar-refractivity contribution is 5.95. The van der Waals surface area contributed by atoms with E-state index in [9.17, 15) is 9.90 Å². The van der Waals surface area contributed by atoms with Crippen LogP contribution in [0, 0.1) is 0 Å². The van der Waals surface area contributed by atoms with Crippen molar-refractivity contribution < 1.29 is 9.90 Å². The van der Waals surface area contributed by atoms with Gasteiger partial charge < -0.3 is 15.3 Å². The Kier molecular flexibility index (Phi) is 6.34. The maximum absolute atomic E-state index is 12.4. The third-order valence-corrected chi connectivity index (χ3v) is 4.26. The third-order valence-electron chi connectivity index (χ3n) is 4.26. The van der Waals surface area contributed by atoms with Gasteiger partial charge in [0.2, 0.25) is 0 Å². The van der Waals surface area contributed by atoms with E-state index in [0.29, 0.717) is 23.5 Å².